The minimum atomic E-state index is -0.357. The zero-order chi connectivity index (χ0) is 8.85. The number of ether oxygens (including phenoxy) is 1. The van der Waals surface area contributed by atoms with Gasteiger partial charge in [0, 0.05) is 0 Å². The third kappa shape index (κ3) is 3.61. The van der Waals surface area contributed by atoms with E-state index in [-0.39, 0.29) is 11.6 Å². The summed E-state index contributed by atoms with van der Waals surface area (Å²) in [6.07, 6.45) is 2.97. The summed E-state index contributed by atoms with van der Waals surface area (Å²) in [5.74, 6) is -0.0731. The van der Waals surface area contributed by atoms with Crippen LogP contribution in [0.5, 0.6) is 0 Å². The fourth-order valence-electron chi connectivity index (χ4n) is 0.458. The Balaban J connectivity index is 4.49. The molecule has 0 aliphatic heterocycles. The first-order valence-electron chi connectivity index (χ1n) is 3.33. The van der Waals surface area contributed by atoms with Gasteiger partial charge in [-0.3, -0.25) is 0 Å². The van der Waals surface area contributed by atoms with E-state index in [2.05, 4.69) is 11.3 Å². The predicted octanol–water partition coefficient (Wildman–Crippen LogP) is 2.97. The van der Waals surface area contributed by atoms with Gasteiger partial charge < -0.3 is 4.74 Å². The van der Waals surface area contributed by atoms with Crippen LogP contribution in [-0.2, 0) is 4.74 Å². The first-order chi connectivity index (χ1) is 5.11. The largest absolute Gasteiger partial charge is 0.498 e. The Labute approximate surface area is 66.9 Å². The molecule has 0 aromatic heterocycles. The van der Waals surface area contributed by atoms with E-state index in [1.165, 1.54) is 13.2 Å². The van der Waals surface area contributed by atoms with Gasteiger partial charge >= 0.3 is 0 Å². The maximum absolute atomic E-state index is 12.9. The molecule has 0 fully saturated rings. The third-order valence-corrected chi connectivity index (χ3v) is 1.32. The smallest absolute Gasteiger partial charge is 0.160 e. The van der Waals surface area contributed by atoms with Crippen LogP contribution in [0.4, 0.5) is 4.39 Å². The fourth-order valence-corrected chi connectivity index (χ4v) is 0.458. The van der Waals surface area contributed by atoms with E-state index in [9.17, 15) is 4.39 Å². The van der Waals surface area contributed by atoms with Crippen LogP contribution < -0.4 is 0 Å². The van der Waals surface area contributed by atoms with Crippen LogP contribution in [0.15, 0.2) is 35.9 Å². The summed E-state index contributed by atoms with van der Waals surface area (Å²) in [6.45, 7) is 6.85. The van der Waals surface area contributed by atoms with E-state index in [0.717, 1.165) is 5.57 Å². The zero-order valence-corrected chi connectivity index (χ0v) is 7.15. The topological polar surface area (TPSA) is 9.23 Å². The SMILES string of the molecule is C=C/C(C)=C\C(F)=C(/C)OC. The van der Waals surface area contributed by atoms with Crippen LogP contribution in [-0.4, -0.2) is 7.11 Å². The highest BCUT2D eigenvalue weighted by atomic mass is 19.1. The summed E-state index contributed by atoms with van der Waals surface area (Å²) in [4.78, 5) is 0. The molecule has 2 heteroatoms. The van der Waals surface area contributed by atoms with Gasteiger partial charge in [-0.05, 0) is 25.5 Å². The predicted molar refractivity (Wildman–Crippen MR) is 44.8 cm³/mol. The molecule has 0 saturated carbocycles. The van der Waals surface area contributed by atoms with Crippen molar-refractivity contribution in [2.45, 2.75) is 13.8 Å². The molecule has 0 atom stereocenters. The second-order valence-electron chi connectivity index (χ2n) is 2.20. The van der Waals surface area contributed by atoms with Crippen molar-refractivity contribution in [3.63, 3.8) is 0 Å². The number of hydrogen-bond donors (Lipinski definition) is 0. The maximum Gasteiger partial charge on any atom is 0.160 e. The molecule has 0 radical (unpaired) electrons. The minimum Gasteiger partial charge on any atom is -0.498 e. The summed E-state index contributed by atoms with van der Waals surface area (Å²) in [5.41, 5.74) is 0.777. The quantitative estimate of drug-likeness (QED) is 0.451. The van der Waals surface area contributed by atoms with E-state index in [1.54, 1.807) is 19.9 Å². The van der Waals surface area contributed by atoms with Gasteiger partial charge in [0.15, 0.2) is 5.83 Å². The summed E-state index contributed by atoms with van der Waals surface area (Å²) < 4.78 is 17.5. The number of methoxy groups -OCH3 is 1. The highest BCUT2D eigenvalue weighted by molar-refractivity contribution is 5.24. The second kappa shape index (κ2) is 4.72. The molecule has 1 nitrogen and oxygen atoms in total. The molecule has 0 aliphatic rings. The van der Waals surface area contributed by atoms with Crippen molar-refractivity contribution in [2.24, 2.45) is 0 Å². The van der Waals surface area contributed by atoms with Gasteiger partial charge in [-0.25, -0.2) is 4.39 Å². The van der Waals surface area contributed by atoms with Crippen LogP contribution in [0.25, 0.3) is 0 Å². The summed E-state index contributed by atoms with van der Waals surface area (Å²) >= 11 is 0. The number of halogens is 1. The lowest BCUT2D eigenvalue weighted by Crippen LogP contribution is -1.83. The van der Waals surface area contributed by atoms with Crippen LogP contribution in [0, 0.1) is 0 Å². The van der Waals surface area contributed by atoms with Gasteiger partial charge in [-0.15, -0.1) is 0 Å². The molecule has 0 saturated heterocycles. The monoisotopic (exact) mass is 156 g/mol. The molecular formula is C9H13FO. The average molecular weight is 156 g/mol. The van der Waals surface area contributed by atoms with E-state index in [1.807, 2.05) is 0 Å². The van der Waals surface area contributed by atoms with Crippen molar-refractivity contribution in [3.05, 3.63) is 35.9 Å². The molecule has 0 spiro atoms. The van der Waals surface area contributed by atoms with Gasteiger partial charge in [0.05, 0.1) is 7.11 Å². The van der Waals surface area contributed by atoms with Crippen molar-refractivity contribution in [2.75, 3.05) is 7.11 Å². The highest BCUT2D eigenvalue weighted by Crippen LogP contribution is 2.10. The van der Waals surface area contributed by atoms with Crippen molar-refractivity contribution in [1.82, 2.24) is 0 Å². The first-order valence-corrected chi connectivity index (χ1v) is 3.33. The zero-order valence-electron chi connectivity index (χ0n) is 7.15. The Morgan fingerprint density at radius 2 is 2.00 bits per heavy atom. The molecule has 0 unspecified atom stereocenters. The van der Waals surface area contributed by atoms with Crippen LogP contribution >= 0.6 is 0 Å². The van der Waals surface area contributed by atoms with Crippen LogP contribution in [0.3, 0.4) is 0 Å². The van der Waals surface area contributed by atoms with Crippen molar-refractivity contribution in [1.29, 1.82) is 0 Å². The molecule has 0 heterocycles. The Hall–Kier alpha value is -1.05. The second-order valence-corrected chi connectivity index (χ2v) is 2.20. The number of rotatable bonds is 3. The molecule has 11 heavy (non-hydrogen) atoms. The van der Waals surface area contributed by atoms with E-state index < -0.39 is 0 Å². The molecule has 0 amide bonds. The lowest BCUT2D eigenvalue weighted by atomic mass is 10.2. The Kier molecular flexibility index (Phi) is 4.27. The Morgan fingerprint density at radius 3 is 2.36 bits per heavy atom. The number of hydrogen-bond acceptors (Lipinski definition) is 1. The molecule has 0 aromatic carbocycles. The van der Waals surface area contributed by atoms with Gasteiger partial charge in [0.25, 0.3) is 0 Å². The molecule has 62 valence electrons. The van der Waals surface area contributed by atoms with E-state index in [4.69, 9.17) is 0 Å². The molecule has 0 rings (SSSR count). The maximum atomic E-state index is 12.9. The lowest BCUT2D eigenvalue weighted by molar-refractivity contribution is 0.280. The van der Waals surface area contributed by atoms with Gasteiger partial charge in [0.2, 0.25) is 0 Å². The highest BCUT2D eigenvalue weighted by Gasteiger charge is 1.96. The first kappa shape index (κ1) is 9.95. The molecule has 0 bridgehead atoms. The molecular weight excluding hydrogens is 143 g/mol. The van der Waals surface area contributed by atoms with E-state index >= 15 is 0 Å². The van der Waals surface area contributed by atoms with Gasteiger partial charge in [-0.2, -0.15) is 0 Å². The summed E-state index contributed by atoms with van der Waals surface area (Å²) in [5, 5.41) is 0. The Bertz CT molecular complexity index is 202. The van der Waals surface area contributed by atoms with Gasteiger partial charge in [0.1, 0.15) is 5.76 Å². The van der Waals surface area contributed by atoms with Crippen molar-refractivity contribution in [3.8, 4) is 0 Å². The molecule has 0 aliphatic carbocycles. The lowest BCUT2D eigenvalue weighted by Gasteiger charge is -1.98. The van der Waals surface area contributed by atoms with Crippen molar-refractivity contribution >= 4 is 0 Å². The Morgan fingerprint density at radius 1 is 1.45 bits per heavy atom. The fraction of sp³-hybridized carbons (Fsp3) is 0.333. The normalized spacial score (nSPS) is 14.0. The van der Waals surface area contributed by atoms with E-state index in [0.29, 0.717) is 0 Å². The summed E-state index contributed by atoms with van der Waals surface area (Å²) in [6, 6.07) is 0. The standard InChI is InChI=1S/C9H13FO/c1-5-7(2)6-9(10)8(3)11-4/h5-6H,1H2,2-4H3/b7-6-,9-8-. The van der Waals surface area contributed by atoms with Crippen LogP contribution in [0.2, 0.25) is 0 Å². The summed E-state index contributed by atoms with van der Waals surface area (Å²) in [7, 11) is 1.44. The van der Waals surface area contributed by atoms with Gasteiger partial charge in [-0.1, -0.05) is 12.7 Å². The number of allylic oxidation sites excluding steroid dienone is 5. The van der Waals surface area contributed by atoms with Crippen molar-refractivity contribution < 1.29 is 9.13 Å². The molecule has 0 N–H and O–H groups in total. The average Bonchev–Trinajstić information content (AvgIpc) is 2.02. The third-order valence-electron chi connectivity index (χ3n) is 1.32. The van der Waals surface area contributed by atoms with Crippen LogP contribution in [0.1, 0.15) is 13.8 Å². The minimum absolute atomic E-state index is 0.284. The molecule has 0 aromatic rings.